The van der Waals surface area contributed by atoms with Gasteiger partial charge in [-0.3, -0.25) is 0 Å². The van der Waals surface area contributed by atoms with Crippen LogP contribution in [0.15, 0.2) is 54.6 Å². The van der Waals surface area contributed by atoms with Crippen LogP contribution in [0.5, 0.6) is 5.75 Å². The highest BCUT2D eigenvalue weighted by molar-refractivity contribution is 5.60. The molecule has 2 aliphatic rings. The predicted octanol–water partition coefficient (Wildman–Crippen LogP) is 5.22. The van der Waals surface area contributed by atoms with Crippen LogP contribution >= 0.6 is 0 Å². The minimum absolute atomic E-state index is 0.362. The maximum Gasteiger partial charge on any atom is 0.119 e. The molecule has 0 spiro atoms. The van der Waals surface area contributed by atoms with Gasteiger partial charge in [0, 0.05) is 11.6 Å². The number of nitrogens with one attached hydrogen (secondary N) is 1. The van der Waals surface area contributed by atoms with Gasteiger partial charge in [0.05, 0.1) is 12.6 Å². The Bertz CT molecular complexity index is 732. The third-order valence-electron chi connectivity index (χ3n) is 5.07. The molecule has 118 valence electrons. The van der Waals surface area contributed by atoms with E-state index in [2.05, 4.69) is 66.9 Å². The summed E-state index contributed by atoms with van der Waals surface area (Å²) in [5.41, 5.74) is 5.41. The van der Waals surface area contributed by atoms with Crippen molar-refractivity contribution in [1.29, 1.82) is 0 Å². The summed E-state index contributed by atoms with van der Waals surface area (Å²) < 4.78 is 5.57. The van der Waals surface area contributed by atoms with Crippen molar-refractivity contribution in [3.8, 4) is 5.75 Å². The Morgan fingerprint density at radius 1 is 1.13 bits per heavy atom. The second-order valence-corrected chi connectivity index (χ2v) is 6.57. The number of allylic oxidation sites excluding steroid dienone is 2. The fourth-order valence-electron chi connectivity index (χ4n) is 3.98. The third-order valence-corrected chi connectivity index (χ3v) is 5.07. The average Bonchev–Trinajstić information content (AvgIpc) is 3.05. The van der Waals surface area contributed by atoms with E-state index >= 15 is 0 Å². The zero-order valence-electron chi connectivity index (χ0n) is 13.8. The number of ether oxygens (including phenoxy) is 1. The van der Waals surface area contributed by atoms with Gasteiger partial charge in [0.15, 0.2) is 0 Å². The fraction of sp³-hybridized carbons (Fsp3) is 0.333. The summed E-state index contributed by atoms with van der Waals surface area (Å²) in [6.45, 7) is 4.90. The van der Waals surface area contributed by atoms with E-state index in [1.54, 1.807) is 0 Å². The molecule has 0 amide bonds. The first-order valence-electron chi connectivity index (χ1n) is 8.53. The molecule has 2 nitrogen and oxygen atoms in total. The molecule has 0 saturated carbocycles. The van der Waals surface area contributed by atoms with E-state index in [0.717, 1.165) is 12.2 Å². The predicted molar refractivity (Wildman–Crippen MR) is 95.1 cm³/mol. The molecule has 4 rings (SSSR count). The lowest BCUT2D eigenvalue weighted by Crippen LogP contribution is -2.29. The first-order valence-corrected chi connectivity index (χ1v) is 8.53. The van der Waals surface area contributed by atoms with E-state index in [1.165, 1.54) is 22.4 Å². The van der Waals surface area contributed by atoms with Crippen LogP contribution < -0.4 is 10.1 Å². The van der Waals surface area contributed by atoms with Gasteiger partial charge >= 0.3 is 0 Å². The van der Waals surface area contributed by atoms with Crippen molar-refractivity contribution in [2.45, 2.75) is 32.2 Å². The van der Waals surface area contributed by atoms with Crippen LogP contribution in [-0.4, -0.2) is 6.61 Å². The van der Waals surface area contributed by atoms with Crippen LogP contribution in [0.2, 0.25) is 0 Å². The number of hydrogen-bond acceptors (Lipinski definition) is 2. The summed E-state index contributed by atoms with van der Waals surface area (Å²) in [5, 5.41) is 3.78. The number of aryl methyl sites for hydroxylation is 1. The fourth-order valence-corrected chi connectivity index (χ4v) is 3.98. The number of benzene rings is 2. The molecule has 0 fully saturated rings. The van der Waals surface area contributed by atoms with Crippen LogP contribution in [0.3, 0.4) is 0 Å². The van der Waals surface area contributed by atoms with Gasteiger partial charge in [-0.15, -0.1) is 0 Å². The van der Waals surface area contributed by atoms with Crippen LogP contribution in [0.4, 0.5) is 5.69 Å². The molecule has 2 heteroatoms. The minimum atomic E-state index is 0.362. The number of anilines is 1. The van der Waals surface area contributed by atoms with Crippen LogP contribution in [0.25, 0.3) is 0 Å². The molecule has 0 saturated heterocycles. The molecule has 0 radical (unpaired) electrons. The summed E-state index contributed by atoms with van der Waals surface area (Å²) in [6.07, 6.45) is 5.88. The molecule has 23 heavy (non-hydrogen) atoms. The van der Waals surface area contributed by atoms with E-state index in [-0.39, 0.29) is 0 Å². The van der Waals surface area contributed by atoms with Crippen molar-refractivity contribution < 1.29 is 4.74 Å². The van der Waals surface area contributed by atoms with Gasteiger partial charge in [-0.05, 0) is 55.5 Å². The van der Waals surface area contributed by atoms with Gasteiger partial charge in [0.25, 0.3) is 0 Å². The number of fused-ring (bicyclic) bond motifs is 3. The summed E-state index contributed by atoms with van der Waals surface area (Å²) in [6, 6.07) is 15.7. The Hall–Kier alpha value is -2.22. The van der Waals surface area contributed by atoms with Gasteiger partial charge in [-0.25, -0.2) is 0 Å². The highest BCUT2D eigenvalue weighted by Gasteiger charge is 2.37. The van der Waals surface area contributed by atoms with Crippen LogP contribution in [0, 0.1) is 12.8 Å². The lowest BCUT2D eigenvalue weighted by molar-refractivity contribution is 0.340. The Balaban J connectivity index is 1.69. The lowest BCUT2D eigenvalue weighted by Gasteiger charge is -2.37. The van der Waals surface area contributed by atoms with Crippen molar-refractivity contribution in [3.63, 3.8) is 0 Å². The Labute approximate surface area is 138 Å². The van der Waals surface area contributed by atoms with Crippen LogP contribution in [-0.2, 0) is 0 Å². The molecule has 0 aromatic heterocycles. The van der Waals surface area contributed by atoms with E-state index in [0.29, 0.717) is 24.5 Å². The first kappa shape index (κ1) is 14.4. The zero-order valence-corrected chi connectivity index (χ0v) is 13.8. The van der Waals surface area contributed by atoms with Crippen LogP contribution in [0.1, 0.15) is 42.0 Å². The Morgan fingerprint density at radius 2 is 1.96 bits per heavy atom. The Morgan fingerprint density at radius 3 is 2.74 bits per heavy atom. The topological polar surface area (TPSA) is 21.3 Å². The highest BCUT2D eigenvalue weighted by atomic mass is 16.5. The van der Waals surface area contributed by atoms with E-state index < -0.39 is 0 Å². The molecular weight excluding hydrogens is 282 g/mol. The van der Waals surface area contributed by atoms with Crippen molar-refractivity contribution in [2.75, 3.05) is 11.9 Å². The molecular formula is C21H23NO. The molecule has 2 aromatic rings. The normalized spacial score (nSPS) is 24.7. The average molecular weight is 305 g/mol. The second kappa shape index (κ2) is 5.77. The number of hydrogen-bond donors (Lipinski definition) is 1. The molecule has 3 unspecified atom stereocenters. The zero-order chi connectivity index (χ0) is 15.8. The summed E-state index contributed by atoms with van der Waals surface area (Å²) in [5.74, 6) is 2.08. The molecule has 2 aromatic carbocycles. The maximum absolute atomic E-state index is 5.57. The smallest absolute Gasteiger partial charge is 0.119 e. The molecule has 1 aliphatic carbocycles. The first-order chi connectivity index (χ1) is 11.3. The van der Waals surface area contributed by atoms with Gasteiger partial charge in [-0.1, -0.05) is 42.0 Å². The molecule has 3 atom stereocenters. The number of rotatable bonds is 3. The van der Waals surface area contributed by atoms with Crippen molar-refractivity contribution >= 4 is 5.69 Å². The SMILES string of the molecule is CCOc1ccc(C2Nc3ccc(C)cc3C3C=CCC32)cc1. The van der Waals surface area contributed by atoms with E-state index in [4.69, 9.17) is 4.74 Å². The third kappa shape index (κ3) is 2.52. The molecule has 1 aliphatic heterocycles. The molecule has 1 N–H and O–H groups in total. The van der Waals surface area contributed by atoms with Gasteiger partial charge in [0.1, 0.15) is 5.75 Å². The van der Waals surface area contributed by atoms with Crippen molar-refractivity contribution in [1.82, 2.24) is 0 Å². The quantitative estimate of drug-likeness (QED) is 0.785. The largest absolute Gasteiger partial charge is 0.494 e. The van der Waals surface area contributed by atoms with E-state index in [9.17, 15) is 0 Å². The second-order valence-electron chi connectivity index (χ2n) is 6.57. The van der Waals surface area contributed by atoms with Gasteiger partial charge in [-0.2, -0.15) is 0 Å². The molecule has 0 bridgehead atoms. The van der Waals surface area contributed by atoms with Crippen molar-refractivity contribution in [3.05, 3.63) is 71.3 Å². The Kier molecular flexibility index (Phi) is 3.60. The van der Waals surface area contributed by atoms with Gasteiger partial charge < -0.3 is 10.1 Å². The van der Waals surface area contributed by atoms with Crippen molar-refractivity contribution in [2.24, 2.45) is 5.92 Å². The summed E-state index contributed by atoms with van der Waals surface area (Å²) >= 11 is 0. The summed E-state index contributed by atoms with van der Waals surface area (Å²) in [7, 11) is 0. The maximum atomic E-state index is 5.57. The van der Waals surface area contributed by atoms with Gasteiger partial charge in [0.2, 0.25) is 0 Å². The lowest BCUT2D eigenvalue weighted by atomic mass is 9.76. The summed E-state index contributed by atoms with van der Waals surface area (Å²) in [4.78, 5) is 0. The van der Waals surface area contributed by atoms with E-state index in [1.807, 2.05) is 6.92 Å². The highest BCUT2D eigenvalue weighted by Crippen LogP contribution is 2.49. The standard InChI is InChI=1S/C21H23NO/c1-3-23-16-10-8-15(9-11-16)21-18-6-4-5-17(18)19-13-14(2)7-12-20(19)22-21/h4-5,7-13,17-18,21-22H,3,6H2,1-2H3. The minimum Gasteiger partial charge on any atom is -0.494 e. The molecule has 1 heterocycles. The monoisotopic (exact) mass is 305 g/mol.